The Balaban J connectivity index is 1.39. The highest BCUT2D eigenvalue weighted by Crippen LogP contribution is 2.43. The molecule has 0 amide bonds. The minimum absolute atomic E-state index is 0.0460. The van der Waals surface area contributed by atoms with Gasteiger partial charge in [0.25, 0.3) is 0 Å². The predicted molar refractivity (Wildman–Crippen MR) is 157 cm³/mol. The first-order valence-corrected chi connectivity index (χ1v) is 14.2. The van der Waals surface area contributed by atoms with E-state index in [1.807, 2.05) is 42.5 Å². The molecule has 212 valence electrons. The second-order valence-corrected chi connectivity index (χ2v) is 10.3. The molecule has 7 heteroatoms. The quantitative estimate of drug-likeness (QED) is 0.274. The molecule has 1 fully saturated rings. The van der Waals surface area contributed by atoms with Crippen LogP contribution in [0.5, 0.6) is 17.2 Å². The van der Waals surface area contributed by atoms with Gasteiger partial charge < -0.3 is 28.3 Å². The van der Waals surface area contributed by atoms with Crippen molar-refractivity contribution in [1.29, 1.82) is 0 Å². The Morgan fingerprint density at radius 1 is 0.878 bits per heavy atom. The Hall–Kier alpha value is -4.07. The van der Waals surface area contributed by atoms with Crippen molar-refractivity contribution in [3.63, 3.8) is 0 Å². The molecule has 0 spiro atoms. The number of nitrogens with zero attached hydrogens (tertiary/aromatic N) is 2. The molecule has 2 aliphatic rings. The number of fused-ring (bicyclic) bond motifs is 3. The standard InChI is InChI=1S/C34H36N2O5/c1-24-31(41-22-26-11-7-4-8-12-26)19-32(35-20-27-23-38-17-18-39-27)36-16-15-29-28(33(24)36)13-14-30(34(29)37-2)40-21-25-9-5-3-6-10-25/h3-14,19,27H,15-18,20-23H2,1-2H3. The molecule has 3 aromatic carbocycles. The van der Waals surface area contributed by atoms with Crippen LogP contribution in [0.2, 0.25) is 0 Å². The third-order valence-electron chi connectivity index (χ3n) is 7.62. The zero-order valence-corrected chi connectivity index (χ0v) is 23.7. The van der Waals surface area contributed by atoms with Gasteiger partial charge in [0.2, 0.25) is 0 Å². The van der Waals surface area contributed by atoms with E-state index in [-0.39, 0.29) is 6.10 Å². The maximum absolute atomic E-state index is 6.42. The smallest absolute Gasteiger partial charge is 0.164 e. The molecule has 0 N–H and O–H groups in total. The number of methoxy groups -OCH3 is 1. The van der Waals surface area contributed by atoms with Gasteiger partial charge in [-0.05, 0) is 36.6 Å². The van der Waals surface area contributed by atoms with Crippen LogP contribution in [0.15, 0.2) is 83.9 Å². The molecule has 4 aromatic rings. The van der Waals surface area contributed by atoms with Gasteiger partial charge in [0.1, 0.15) is 30.6 Å². The van der Waals surface area contributed by atoms with Crippen molar-refractivity contribution in [2.45, 2.75) is 39.2 Å². The van der Waals surface area contributed by atoms with Gasteiger partial charge in [-0.3, -0.25) is 4.99 Å². The SMILES string of the molecule is COc1c(OCc2ccccc2)ccc2c1CCn1c-2c(C)c(OCc2ccccc2)cc1=NCC1COCCO1. The average molecular weight is 553 g/mol. The summed E-state index contributed by atoms with van der Waals surface area (Å²) in [6.07, 6.45) is 0.753. The van der Waals surface area contributed by atoms with Gasteiger partial charge in [0.05, 0.1) is 39.2 Å². The summed E-state index contributed by atoms with van der Waals surface area (Å²) < 4.78 is 32.4. The van der Waals surface area contributed by atoms with Crippen molar-refractivity contribution in [3.8, 4) is 28.5 Å². The fourth-order valence-corrected chi connectivity index (χ4v) is 5.54. The molecule has 0 bridgehead atoms. The third kappa shape index (κ3) is 6.01. The van der Waals surface area contributed by atoms with Gasteiger partial charge in [0, 0.05) is 29.3 Å². The second kappa shape index (κ2) is 12.6. The molecule has 7 nitrogen and oxygen atoms in total. The number of hydrogen-bond acceptors (Lipinski definition) is 6. The number of ether oxygens (including phenoxy) is 5. The molecule has 41 heavy (non-hydrogen) atoms. The van der Waals surface area contributed by atoms with Gasteiger partial charge in [-0.15, -0.1) is 0 Å². The number of pyridine rings is 1. The van der Waals surface area contributed by atoms with E-state index < -0.39 is 0 Å². The summed E-state index contributed by atoms with van der Waals surface area (Å²) in [6.45, 7) is 6.18. The number of hydrogen-bond donors (Lipinski definition) is 0. The van der Waals surface area contributed by atoms with E-state index in [1.54, 1.807) is 7.11 Å². The summed E-state index contributed by atoms with van der Waals surface area (Å²) >= 11 is 0. The van der Waals surface area contributed by atoms with Gasteiger partial charge in [-0.1, -0.05) is 60.7 Å². The lowest BCUT2D eigenvalue weighted by atomic mass is 9.93. The van der Waals surface area contributed by atoms with Crippen molar-refractivity contribution in [3.05, 3.63) is 107 Å². The maximum atomic E-state index is 6.42. The molecule has 0 aliphatic carbocycles. The topological polar surface area (TPSA) is 63.4 Å². The third-order valence-corrected chi connectivity index (χ3v) is 7.62. The minimum atomic E-state index is -0.0460. The number of benzene rings is 3. The summed E-state index contributed by atoms with van der Waals surface area (Å²) in [6, 6.07) is 26.6. The summed E-state index contributed by atoms with van der Waals surface area (Å²) in [4.78, 5) is 5.02. The van der Waals surface area contributed by atoms with Crippen LogP contribution in [-0.2, 0) is 35.7 Å². The average Bonchev–Trinajstić information content (AvgIpc) is 3.03. The van der Waals surface area contributed by atoms with E-state index in [0.717, 1.165) is 69.2 Å². The minimum Gasteiger partial charge on any atom is -0.493 e. The van der Waals surface area contributed by atoms with Crippen LogP contribution in [0, 0.1) is 6.92 Å². The molecular formula is C34H36N2O5. The lowest BCUT2D eigenvalue weighted by Crippen LogP contribution is -2.33. The zero-order valence-electron chi connectivity index (χ0n) is 23.7. The molecular weight excluding hydrogens is 516 g/mol. The van der Waals surface area contributed by atoms with Crippen molar-refractivity contribution < 1.29 is 23.7 Å². The summed E-state index contributed by atoms with van der Waals surface area (Å²) in [7, 11) is 1.72. The van der Waals surface area contributed by atoms with E-state index in [2.05, 4.69) is 47.9 Å². The Labute approximate surface area is 240 Å². The Morgan fingerprint density at radius 2 is 1.59 bits per heavy atom. The van der Waals surface area contributed by atoms with E-state index in [4.69, 9.17) is 28.7 Å². The normalized spacial score (nSPS) is 16.5. The molecule has 0 saturated carbocycles. The van der Waals surface area contributed by atoms with Crippen LogP contribution in [-0.4, -0.2) is 44.1 Å². The molecule has 1 atom stereocenters. The van der Waals surface area contributed by atoms with Crippen LogP contribution in [0.4, 0.5) is 0 Å². The summed E-state index contributed by atoms with van der Waals surface area (Å²) in [5.41, 5.74) is 7.50. The molecule has 1 unspecified atom stereocenters. The summed E-state index contributed by atoms with van der Waals surface area (Å²) in [5, 5.41) is 0. The first kappa shape index (κ1) is 27.1. The van der Waals surface area contributed by atoms with Crippen LogP contribution < -0.4 is 19.7 Å². The van der Waals surface area contributed by atoms with E-state index in [9.17, 15) is 0 Å². The summed E-state index contributed by atoms with van der Waals surface area (Å²) in [5.74, 6) is 2.35. The lowest BCUT2D eigenvalue weighted by Gasteiger charge is -2.28. The van der Waals surface area contributed by atoms with Gasteiger partial charge in [-0.25, -0.2) is 0 Å². The molecule has 1 aromatic heterocycles. The van der Waals surface area contributed by atoms with Crippen molar-refractivity contribution >= 4 is 0 Å². The van der Waals surface area contributed by atoms with Crippen molar-refractivity contribution in [2.75, 3.05) is 33.5 Å². The molecule has 0 radical (unpaired) electrons. The molecule has 2 aliphatic heterocycles. The van der Waals surface area contributed by atoms with Gasteiger partial charge in [0.15, 0.2) is 11.5 Å². The van der Waals surface area contributed by atoms with Gasteiger partial charge >= 0.3 is 0 Å². The first-order valence-electron chi connectivity index (χ1n) is 14.2. The van der Waals surface area contributed by atoms with Crippen LogP contribution in [0.1, 0.15) is 22.3 Å². The van der Waals surface area contributed by atoms with E-state index in [0.29, 0.717) is 39.6 Å². The largest absolute Gasteiger partial charge is 0.493 e. The molecule has 6 rings (SSSR count). The van der Waals surface area contributed by atoms with Crippen LogP contribution >= 0.6 is 0 Å². The van der Waals surface area contributed by atoms with E-state index in [1.165, 1.54) is 0 Å². The number of aromatic nitrogens is 1. The van der Waals surface area contributed by atoms with Crippen LogP contribution in [0.25, 0.3) is 11.3 Å². The Morgan fingerprint density at radius 3 is 2.24 bits per heavy atom. The monoisotopic (exact) mass is 552 g/mol. The fraction of sp³-hybridized carbons (Fsp3) is 0.324. The Bertz CT molecular complexity index is 1540. The zero-order chi connectivity index (χ0) is 28.0. The van der Waals surface area contributed by atoms with Crippen molar-refractivity contribution in [2.24, 2.45) is 4.99 Å². The number of rotatable bonds is 9. The van der Waals surface area contributed by atoms with Crippen LogP contribution in [0.3, 0.4) is 0 Å². The Kier molecular flexibility index (Phi) is 8.35. The predicted octanol–water partition coefficient (Wildman–Crippen LogP) is 5.50. The first-order chi connectivity index (χ1) is 20.2. The maximum Gasteiger partial charge on any atom is 0.164 e. The lowest BCUT2D eigenvalue weighted by molar-refractivity contribution is -0.0835. The highest BCUT2D eigenvalue weighted by Gasteiger charge is 2.26. The van der Waals surface area contributed by atoms with E-state index >= 15 is 0 Å². The van der Waals surface area contributed by atoms with Gasteiger partial charge in [-0.2, -0.15) is 0 Å². The highest BCUT2D eigenvalue weighted by atomic mass is 16.6. The van der Waals surface area contributed by atoms with Crippen molar-refractivity contribution in [1.82, 2.24) is 4.57 Å². The second-order valence-electron chi connectivity index (χ2n) is 10.3. The fourth-order valence-electron chi connectivity index (χ4n) is 5.54. The molecule has 1 saturated heterocycles. The molecule has 3 heterocycles. The highest BCUT2D eigenvalue weighted by molar-refractivity contribution is 5.75.